The number of carbonyl (C=O) groups excluding carboxylic acids is 1. The average molecular weight is 509 g/mol. The molecule has 35 heavy (non-hydrogen) atoms. The largest absolute Gasteiger partial charge is 0.416 e. The Morgan fingerprint density at radius 1 is 0.914 bits per heavy atom. The van der Waals surface area contributed by atoms with Crippen molar-refractivity contribution in [2.75, 3.05) is 7.05 Å². The van der Waals surface area contributed by atoms with Gasteiger partial charge in [0.15, 0.2) is 0 Å². The molecule has 0 atom stereocenters. The fourth-order valence-corrected chi connectivity index (χ4v) is 4.80. The molecule has 3 rings (SSSR count). The van der Waals surface area contributed by atoms with Crippen molar-refractivity contribution in [1.29, 1.82) is 0 Å². The standard InChI is InChI=1S/C25H24F4N2O3S/c1-24(2,31(3)35(33,34)22-13-11-21(26)12-14-22)23(32)30-16-17-5-4-6-19(15-17)18-7-9-20(10-8-18)25(27,28)29/h4-15H,16H2,1-3H3,(H,30,32). The zero-order chi connectivity index (χ0) is 26.0. The van der Waals surface area contributed by atoms with Crippen LogP contribution >= 0.6 is 0 Å². The summed E-state index contributed by atoms with van der Waals surface area (Å²) in [5.74, 6) is -1.15. The highest BCUT2D eigenvalue weighted by Crippen LogP contribution is 2.31. The van der Waals surface area contributed by atoms with Crippen molar-refractivity contribution in [2.24, 2.45) is 0 Å². The first kappa shape index (κ1) is 26.4. The molecule has 1 amide bonds. The quantitative estimate of drug-likeness (QED) is 0.445. The van der Waals surface area contributed by atoms with E-state index in [0.29, 0.717) is 16.7 Å². The van der Waals surface area contributed by atoms with E-state index in [1.54, 1.807) is 24.3 Å². The van der Waals surface area contributed by atoms with Gasteiger partial charge in [-0.25, -0.2) is 12.8 Å². The molecule has 0 spiro atoms. The highest BCUT2D eigenvalue weighted by atomic mass is 32.2. The molecule has 0 unspecified atom stereocenters. The van der Waals surface area contributed by atoms with Crippen LogP contribution in [-0.2, 0) is 27.5 Å². The first-order valence-electron chi connectivity index (χ1n) is 10.5. The van der Waals surface area contributed by atoms with Crippen LogP contribution in [0.15, 0.2) is 77.7 Å². The third-order valence-electron chi connectivity index (χ3n) is 5.74. The van der Waals surface area contributed by atoms with Crippen molar-refractivity contribution in [3.8, 4) is 11.1 Å². The third kappa shape index (κ3) is 5.88. The highest BCUT2D eigenvalue weighted by Gasteiger charge is 2.40. The first-order valence-corrected chi connectivity index (χ1v) is 12.0. The zero-order valence-electron chi connectivity index (χ0n) is 19.2. The van der Waals surface area contributed by atoms with Crippen LogP contribution in [0.5, 0.6) is 0 Å². The fourth-order valence-electron chi connectivity index (χ4n) is 3.32. The summed E-state index contributed by atoms with van der Waals surface area (Å²) in [6.07, 6.45) is -4.42. The molecule has 0 saturated carbocycles. The van der Waals surface area contributed by atoms with Gasteiger partial charge in [0, 0.05) is 13.6 Å². The SMILES string of the molecule is CN(C(C)(C)C(=O)NCc1cccc(-c2ccc(C(F)(F)F)cc2)c1)S(=O)(=O)c1ccc(F)cc1. The molecule has 1 N–H and O–H groups in total. The minimum atomic E-state index is -4.42. The average Bonchev–Trinajstić information content (AvgIpc) is 2.82. The Bertz CT molecular complexity index is 1300. The third-order valence-corrected chi connectivity index (χ3v) is 7.79. The van der Waals surface area contributed by atoms with Gasteiger partial charge in [0.25, 0.3) is 0 Å². The predicted octanol–water partition coefficient (Wildman–Crippen LogP) is 5.23. The maximum absolute atomic E-state index is 13.2. The van der Waals surface area contributed by atoms with Gasteiger partial charge in [-0.15, -0.1) is 0 Å². The van der Waals surface area contributed by atoms with Gasteiger partial charge >= 0.3 is 6.18 Å². The van der Waals surface area contributed by atoms with Crippen molar-refractivity contribution in [3.05, 3.63) is 89.7 Å². The number of rotatable bonds is 7. The van der Waals surface area contributed by atoms with E-state index in [9.17, 15) is 30.8 Å². The van der Waals surface area contributed by atoms with Gasteiger partial charge in [0.1, 0.15) is 11.4 Å². The Hall–Kier alpha value is -3.24. The molecule has 0 saturated heterocycles. The van der Waals surface area contributed by atoms with Gasteiger partial charge in [-0.05, 0) is 73.0 Å². The summed E-state index contributed by atoms with van der Waals surface area (Å²) < 4.78 is 78.3. The van der Waals surface area contributed by atoms with Crippen LogP contribution in [0.4, 0.5) is 17.6 Å². The summed E-state index contributed by atoms with van der Waals surface area (Å²) in [5.41, 5.74) is -0.294. The second kappa shape index (κ2) is 9.79. The van der Waals surface area contributed by atoms with Crippen LogP contribution in [0.3, 0.4) is 0 Å². The molecule has 3 aromatic rings. The van der Waals surface area contributed by atoms with Crippen molar-refractivity contribution < 1.29 is 30.8 Å². The molecule has 0 aliphatic carbocycles. The number of hydrogen-bond donors (Lipinski definition) is 1. The summed E-state index contributed by atoms with van der Waals surface area (Å²) in [7, 11) is -2.81. The molecule has 186 valence electrons. The van der Waals surface area contributed by atoms with Gasteiger partial charge in [-0.3, -0.25) is 4.79 Å². The molecule has 10 heteroatoms. The first-order chi connectivity index (χ1) is 16.2. The van der Waals surface area contributed by atoms with Gasteiger partial charge in [0.05, 0.1) is 10.5 Å². The molecule has 3 aromatic carbocycles. The molecule has 0 aliphatic heterocycles. The second-order valence-corrected chi connectivity index (χ2v) is 10.4. The summed E-state index contributed by atoms with van der Waals surface area (Å²) in [5, 5.41) is 2.71. The highest BCUT2D eigenvalue weighted by molar-refractivity contribution is 7.89. The van der Waals surface area contributed by atoms with Crippen LogP contribution in [0.1, 0.15) is 25.0 Å². The lowest BCUT2D eigenvalue weighted by molar-refractivity contribution is -0.137. The number of alkyl halides is 3. The lowest BCUT2D eigenvalue weighted by Crippen LogP contribution is -2.55. The minimum absolute atomic E-state index is 0.0706. The molecule has 0 heterocycles. The summed E-state index contributed by atoms with van der Waals surface area (Å²) in [6, 6.07) is 16.0. The number of sulfonamides is 1. The number of halogens is 4. The van der Waals surface area contributed by atoms with E-state index >= 15 is 0 Å². The van der Waals surface area contributed by atoms with Gasteiger partial charge in [0.2, 0.25) is 15.9 Å². The minimum Gasteiger partial charge on any atom is -0.350 e. The summed E-state index contributed by atoms with van der Waals surface area (Å²) in [4.78, 5) is 12.8. The Labute approximate surface area is 201 Å². The van der Waals surface area contributed by atoms with E-state index in [1.807, 2.05) is 0 Å². The van der Waals surface area contributed by atoms with Crippen molar-refractivity contribution in [3.63, 3.8) is 0 Å². The fraction of sp³-hybridized carbons (Fsp3) is 0.240. The molecular formula is C25H24F4N2O3S. The number of nitrogens with one attached hydrogen (secondary N) is 1. The molecule has 5 nitrogen and oxygen atoms in total. The lowest BCUT2D eigenvalue weighted by Gasteiger charge is -2.33. The monoisotopic (exact) mass is 508 g/mol. The van der Waals surface area contributed by atoms with Crippen LogP contribution in [-0.4, -0.2) is 31.2 Å². The van der Waals surface area contributed by atoms with Crippen molar-refractivity contribution >= 4 is 15.9 Å². The van der Waals surface area contributed by atoms with Crippen molar-refractivity contribution in [1.82, 2.24) is 9.62 Å². The van der Waals surface area contributed by atoms with E-state index in [1.165, 1.54) is 33.0 Å². The van der Waals surface area contributed by atoms with Crippen LogP contribution in [0.2, 0.25) is 0 Å². The normalized spacial score (nSPS) is 12.6. The van der Waals surface area contributed by atoms with E-state index in [0.717, 1.165) is 40.7 Å². The maximum Gasteiger partial charge on any atom is 0.416 e. The van der Waals surface area contributed by atoms with E-state index in [4.69, 9.17) is 0 Å². The molecule has 0 radical (unpaired) electrons. The van der Waals surface area contributed by atoms with Crippen LogP contribution in [0, 0.1) is 5.82 Å². The van der Waals surface area contributed by atoms with E-state index in [-0.39, 0.29) is 11.4 Å². The number of carbonyl (C=O) groups is 1. The van der Waals surface area contributed by atoms with Gasteiger partial charge < -0.3 is 5.32 Å². The van der Waals surface area contributed by atoms with Gasteiger partial charge in [-0.1, -0.05) is 30.3 Å². The molecule has 0 fully saturated rings. The van der Waals surface area contributed by atoms with E-state index < -0.39 is 39.0 Å². The van der Waals surface area contributed by atoms with Crippen molar-refractivity contribution in [2.45, 2.75) is 37.0 Å². The topological polar surface area (TPSA) is 66.5 Å². The Balaban J connectivity index is 1.72. The van der Waals surface area contributed by atoms with Crippen LogP contribution < -0.4 is 5.32 Å². The smallest absolute Gasteiger partial charge is 0.350 e. The Morgan fingerprint density at radius 3 is 2.09 bits per heavy atom. The lowest BCUT2D eigenvalue weighted by atomic mass is 10.0. The zero-order valence-corrected chi connectivity index (χ0v) is 20.0. The Morgan fingerprint density at radius 2 is 1.51 bits per heavy atom. The maximum atomic E-state index is 13.2. The van der Waals surface area contributed by atoms with E-state index in [2.05, 4.69) is 5.32 Å². The van der Waals surface area contributed by atoms with Crippen LogP contribution in [0.25, 0.3) is 11.1 Å². The summed E-state index contributed by atoms with van der Waals surface area (Å²) in [6.45, 7) is 2.96. The molecular weight excluding hydrogens is 484 g/mol. The number of amides is 1. The Kier molecular flexibility index (Phi) is 7.37. The van der Waals surface area contributed by atoms with Gasteiger partial charge in [-0.2, -0.15) is 17.5 Å². The number of benzene rings is 3. The number of likely N-dealkylation sites (N-methyl/N-ethyl adjacent to an activating group) is 1. The molecule has 0 bridgehead atoms. The number of nitrogens with zero attached hydrogens (tertiary/aromatic N) is 1. The molecule has 0 aromatic heterocycles. The summed E-state index contributed by atoms with van der Waals surface area (Å²) >= 11 is 0. The number of hydrogen-bond acceptors (Lipinski definition) is 3. The molecule has 0 aliphatic rings. The second-order valence-electron chi connectivity index (χ2n) is 8.44. The predicted molar refractivity (Wildman–Crippen MR) is 124 cm³/mol.